The van der Waals surface area contributed by atoms with Crippen LogP contribution in [-0.4, -0.2) is 68.1 Å². The highest BCUT2D eigenvalue weighted by molar-refractivity contribution is 5.91. The zero-order valence-corrected chi connectivity index (χ0v) is 18.5. The number of carbonyl (C=O) groups excluding carboxylic acids is 1. The number of likely N-dealkylation sites (tertiary alicyclic amines) is 1. The van der Waals surface area contributed by atoms with Crippen LogP contribution in [0.5, 0.6) is 5.75 Å². The Bertz CT molecular complexity index is 887. The average molecular weight is 420 g/mol. The zero-order chi connectivity index (χ0) is 21.3. The third kappa shape index (κ3) is 4.03. The first-order valence-corrected chi connectivity index (χ1v) is 11.7. The fourth-order valence-corrected chi connectivity index (χ4v) is 5.39. The monoisotopic (exact) mass is 419 g/mol. The summed E-state index contributed by atoms with van der Waals surface area (Å²) in [6.07, 6.45) is 4.31. The summed E-state index contributed by atoms with van der Waals surface area (Å²) < 4.78 is 5.28. The molecule has 5 rings (SSSR count). The van der Waals surface area contributed by atoms with Crippen molar-refractivity contribution in [2.45, 2.75) is 37.1 Å². The molecular formula is C26H33N3O2. The third-order valence-corrected chi connectivity index (χ3v) is 7.44. The van der Waals surface area contributed by atoms with Crippen molar-refractivity contribution in [3.63, 3.8) is 0 Å². The summed E-state index contributed by atoms with van der Waals surface area (Å²) in [5, 5.41) is 0. The molecule has 1 aliphatic carbocycles. The summed E-state index contributed by atoms with van der Waals surface area (Å²) in [5.41, 5.74) is 2.23. The minimum atomic E-state index is -0.240. The van der Waals surface area contributed by atoms with Crippen molar-refractivity contribution in [1.82, 2.24) is 9.80 Å². The molecule has 2 aromatic carbocycles. The van der Waals surface area contributed by atoms with Gasteiger partial charge < -0.3 is 14.5 Å². The maximum atomic E-state index is 13.5. The highest BCUT2D eigenvalue weighted by atomic mass is 16.5. The molecule has 2 saturated heterocycles. The molecule has 2 aliphatic heterocycles. The van der Waals surface area contributed by atoms with E-state index in [1.807, 2.05) is 18.2 Å². The Morgan fingerprint density at radius 1 is 0.935 bits per heavy atom. The van der Waals surface area contributed by atoms with Gasteiger partial charge in [0.15, 0.2) is 0 Å². The summed E-state index contributed by atoms with van der Waals surface area (Å²) >= 11 is 0. The van der Waals surface area contributed by atoms with Crippen molar-refractivity contribution in [3.8, 4) is 5.75 Å². The van der Waals surface area contributed by atoms with Crippen molar-refractivity contribution in [3.05, 3.63) is 60.2 Å². The molecule has 31 heavy (non-hydrogen) atoms. The molecule has 5 nitrogen and oxygen atoms in total. The third-order valence-electron chi connectivity index (χ3n) is 7.44. The van der Waals surface area contributed by atoms with E-state index in [1.54, 1.807) is 7.11 Å². The van der Waals surface area contributed by atoms with Crippen LogP contribution in [0.2, 0.25) is 0 Å². The number of hydrogen-bond acceptors (Lipinski definition) is 4. The number of piperazine rings is 1. The molecule has 2 aromatic rings. The predicted molar refractivity (Wildman–Crippen MR) is 124 cm³/mol. The number of benzene rings is 2. The van der Waals surface area contributed by atoms with Crippen molar-refractivity contribution in [1.29, 1.82) is 0 Å². The maximum Gasteiger partial charge on any atom is 0.233 e. The lowest BCUT2D eigenvalue weighted by Gasteiger charge is -2.44. The van der Waals surface area contributed by atoms with E-state index < -0.39 is 0 Å². The lowest BCUT2D eigenvalue weighted by Crippen LogP contribution is -2.56. The molecule has 1 amide bonds. The number of methoxy groups -OCH3 is 1. The van der Waals surface area contributed by atoms with Gasteiger partial charge in [0.25, 0.3) is 0 Å². The maximum absolute atomic E-state index is 13.5. The first-order chi connectivity index (χ1) is 15.2. The van der Waals surface area contributed by atoms with E-state index in [9.17, 15) is 4.79 Å². The minimum absolute atomic E-state index is 0.240. The molecule has 2 heterocycles. The van der Waals surface area contributed by atoms with E-state index in [-0.39, 0.29) is 5.41 Å². The molecule has 1 atom stereocenters. The van der Waals surface area contributed by atoms with Crippen LogP contribution in [0, 0.1) is 0 Å². The van der Waals surface area contributed by atoms with Gasteiger partial charge in [0.05, 0.1) is 12.5 Å². The average Bonchev–Trinajstić information content (AvgIpc) is 3.67. The first-order valence-electron chi connectivity index (χ1n) is 11.7. The lowest BCUT2D eigenvalue weighted by atomic mass is 9.92. The molecule has 3 fully saturated rings. The number of anilines is 1. The molecule has 0 bridgehead atoms. The SMILES string of the molecule is COc1ccc(N2CCN([C@H]3CCCN(C(=O)C4(c5ccccc5)CC4)C3)CC2)cc1. The van der Waals surface area contributed by atoms with Crippen molar-refractivity contribution in [2.75, 3.05) is 51.3 Å². The van der Waals surface area contributed by atoms with Crippen LogP contribution in [0.3, 0.4) is 0 Å². The number of piperidine rings is 1. The summed E-state index contributed by atoms with van der Waals surface area (Å²) in [6.45, 7) is 5.98. The second kappa shape index (κ2) is 8.54. The fraction of sp³-hybridized carbons (Fsp3) is 0.500. The fourth-order valence-electron chi connectivity index (χ4n) is 5.39. The van der Waals surface area contributed by atoms with Gasteiger partial charge in [-0.25, -0.2) is 0 Å². The highest BCUT2D eigenvalue weighted by Gasteiger charge is 2.53. The molecule has 0 aromatic heterocycles. The van der Waals surface area contributed by atoms with Crippen LogP contribution in [0.1, 0.15) is 31.2 Å². The Labute approximate surface area is 185 Å². The number of hydrogen-bond donors (Lipinski definition) is 0. The Kier molecular flexibility index (Phi) is 5.61. The van der Waals surface area contributed by atoms with Gasteiger partial charge in [0, 0.05) is 51.0 Å². The van der Waals surface area contributed by atoms with E-state index in [2.05, 4.69) is 51.1 Å². The van der Waals surface area contributed by atoms with E-state index in [0.717, 1.165) is 64.3 Å². The number of rotatable bonds is 5. The normalized spacial score (nSPS) is 23.5. The van der Waals surface area contributed by atoms with Gasteiger partial charge in [-0.1, -0.05) is 30.3 Å². The van der Waals surface area contributed by atoms with E-state index in [1.165, 1.54) is 17.7 Å². The van der Waals surface area contributed by atoms with Crippen molar-refractivity contribution >= 4 is 11.6 Å². The standard InChI is InChI=1S/C26H33N3O2/c1-31-24-11-9-22(10-12-24)27-16-18-28(19-17-27)23-8-5-15-29(20-23)25(30)26(13-14-26)21-6-3-2-4-7-21/h2-4,6-7,9-12,23H,5,8,13-20H2,1H3/t23-/m0/s1. The second-order valence-electron chi connectivity index (χ2n) is 9.22. The number of carbonyl (C=O) groups is 1. The van der Waals surface area contributed by atoms with E-state index >= 15 is 0 Å². The number of ether oxygens (including phenoxy) is 1. The van der Waals surface area contributed by atoms with Crippen LogP contribution in [0.4, 0.5) is 5.69 Å². The Balaban J connectivity index is 1.19. The van der Waals surface area contributed by atoms with Gasteiger partial charge in [-0.3, -0.25) is 9.69 Å². The molecule has 3 aliphatic rings. The molecule has 0 N–H and O–H groups in total. The molecule has 0 unspecified atom stereocenters. The predicted octanol–water partition coefficient (Wildman–Crippen LogP) is 3.54. The van der Waals surface area contributed by atoms with Gasteiger partial charge >= 0.3 is 0 Å². The highest BCUT2D eigenvalue weighted by Crippen LogP contribution is 2.49. The largest absolute Gasteiger partial charge is 0.497 e. The van der Waals surface area contributed by atoms with Crippen LogP contribution in [0.25, 0.3) is 0 Å². The van der Waals surface area contributed by atoms with Crippen LogP contribution in [0.15, 0.2) is 54.6 Å². The van der Waals surface area contributed by atoms with E-state index in [0.29, 0.717) is 11.9 Å². The Morgan fingerprint density at radius 3 is 2.29 bits per heavy atom. The summed E-state index contributed by atoms with van der Waals surface area (Å²) in [5.74, 6) is 1.26. The molecule has 164 valence electrons. The van der Waals surface area contributed by atoms with Gasteiger partial charge in [0.2, 0.25) is 5.91 Å². The molecular weight excluding hydrogens is 386 g/mol. The molecule has 0 radical (unpaired) electrons. The summed E-state index contributed by atoms with van der Waals surface area (Å²) in [7, 11) is 1.71. The van der Waals surface area contributed by atoms with Gasteiger partial charge in [-0.15, -0.1) is 0 Å². The molecule has 5 heteroatoms. The second-order valence-corrected chi connectivity index (χ2v) is 9.22. The number of nitrogens with zero attached hydrogens (tertiary/aromatic N) is 3. The minimum Gasteiger partial charge on any atom is -0.497 e. The quantitative estimate of drug-likeness (QED) is 0.743. The topological polar surface area (TPSA) is 36.0 Å². The van der Waals surface area contributed by atoms with Gasteiger partial charge in [-0.2, -0.15) is 0 Å². The summed E-state index contributed by atoms with van der Waals surface area (Å²) in [4.78, 5) is 20.7. The number of amides is 1. The lowest BCUT2D eigenvalue weighted by molar-refractivity contribution is -0.136. The Morgan fingerprint density at radius 2 is 1.65 bits per heavy atom. The molecule has 0 spiro atoms. The van der Waals surface area contributed by atoms with Crippen molar-refractivity contribution in [2.24, 2.45) is 0 Å². The van der Waals surface area contributed by atoms with Gasteiger partial charge in [-0.05, 0) is 55.5 Å². The van der Waals surface area contributed by atoms with Gasteiger partial charge in [0.1, 0.15) is 5.75 Å². The molecule has 1 saturated carbocycles. The van der Waals surface area contributed by atoms with Crippen LogP contribution >= 0.6 is 0 Å². The van der Waals surface area contributed by atoms with Crippen molar-refractivity contribution < 1.29 is 9.53 Å². The zero-order valence-electron chi connectivity index (χ0n) is 18.5. The summed E-state index contributed by atoms with van der Waals surface area (Å²) in [6, 6.07) is 19.3. The smallest absolute Gasteiger partial charge is 0.233 e. The van der Waals surface area contributed by atoms with E-state index in [4.69, 9.17) is 4.74 Å². The first kappa shape index (κ1) is 20.4. The van der Waals surface area contributed by atoms with Crippen LogP contribution < -0.4 is 9.64 Å². The Hall–Kier alpha value is -2.53. The van der Waals surface area contributed by atoms with Crippen LogP contribution in [-0.2, 0) is 10.2 Å².